The van der Waals surface area contributed by atoms with Gasteiger partial charge < -0.3 is 15.2 Å². The minimum Gasteiger partial charge on any atom is -0.491 e. The van der Waals surface area contributed by atoms with Crippen LogP contribution in [0.15, 0.2) is 54.6 Å². The van der Waals surface area contributed by atoms with Crippen molar-refractivity contribution in [3.05, 3.63) is 65.7 Å². The van der Waals surface area contributed by atoms with E-state index in [1.165, 1.54) is 5.56 Å². The number of aryl methyl sites for hydroxylation is 1. The van der Waals surface area contributed by atoms with Crippen molar-refractivity contribution in [3.8, 4) is 5.75 Å². The molecule has 0 saturated heterocycles. The molecule has 0 aliphatic heterocycles. The van der Waals surface area contributed by atoms with Crippen LogP contribution >= 0.6 is 0 Å². The molecule has 2 aromatic rings. The van der Waals surface area contributed by atoms with Crippen LogP contribution in [-0.2, 0) is 11.2 Å². The van der Waals surface area contributed by atoms with Gasteiger partial charge in [0.05, 0.1) is 6.61 Å². The largest absolute Gasteiger partial charge is 0.491 e. The van der Waals surface area contributed by atoms with Crippen molar-refractivity contribution in [2.45, 2.75) is 18.9 Å². The Kier molecular flexibility index (Phi) is 6.25. The van der Waals surface area contributed by atoms with E-state index in [0.29, 0.717) is 13.2 Å². The molecule has 0 spiro atoms. The average molecular weight is 285 g/mol. The third-order valence-electron chi connectivity index (χ3n) is 3.45. The Labute approximate surface area is 126 Å². The molecule has 0 saturated carbocycles. The fourth-order valence-corrected chi connectivity index (χ4v) is 2.28. The van der Waals surface area contributed by atoms with Crippen molar-refractivity contribution in [1.29, 1.82) is 0 Å². The summed E-state index contributed by atoms with van der Waals surface area (Å²) < 4.78 is 10.8. The van der Waals surface area contributed by atoms with Crippen LogP contribution in [-0.4, -0.2) is 20.3 Å². The van der Waals surface area contributed by atoms with Crippen molar-refractivity contribution in [3.63, 3.8) is 0 Å². The number of methoxy groups -OCH3 is 1. The number of ether oxygens (including phenoxy) is 2. The van der Waals surface area contributed by atoms with Crippen LogP contribution in [0.3, 0.4) is 0 Å². The average Bonchev–Trinajstić information content (AvgIpc) is 2.54. The minimum absolute atomic E-state index is 0.0241. The Morgan fingerprint density at radius 1 is 0.952 bits per heavy atom. The summed E-state index contributed by atoms with van der Waals surface area (Å²) in [4.78, 5) is 0. The molecular formula is C18H23NO2. The van der Waals surface area contributed by atoms with E-state index in [9.17, 15) is 0 Å². The first-order valence-electron chi connectivity index (χ1n) is 7.31. The first-order valence-corrected chi connectivity index (χ1v) is 7.31. The molecule has 112 valence electrons. The Hall–Kier alpha value is -1.84. The maximum absolute atomic E-state index is 6.34. The summed E-state index contributed by atoms with van der Waals surface area (Å²) in [5.41, 5.74) is 8.71. The molecule has 0 bridgehead atoms. The highest BCUT2D eigenvalue weighted by Crippen LogP contribution is 2.26. The minimum atomic E-state index is -0.0241. The fraction of sp³-hybridized carbons (Fsp3) is 0.333. The molecule has 2 rings (SSSR count). The molecule has 0 aliphatic carbocycles. The van der Waals surface area contributed by atoms with Crippen molar-refractivity contribution in [2.24, 2.45) is 5.73 Å². The van der Waals surface area contributed by atoms with Gasteiger partial charge in [0, 0.05) is 18.7 Å². The summed E-state index contributed by atoms with van der Waals surface area (Å²) in [5.74, 6) is 0.857. The molecule has 0 radical (unpaired) electrons. The first kappa shape index (κ1) is 15.5. The predicted molar refractivity (Wildman–Crippen MR) is 85.5 cm³/mol. The van der Waals surface area contributed by atoms with Gasteiger partial charge in [-0.05, 0) is 24.5 Å². The second-order valence-corrected chi connectivity index (χ2v) is 5.01. The van der Waals surface area contributed by atoms with Crippen LogP contribution in [0.25, 0.3) is 0 Å². The van der Waals surface area contributed by atoms with Gasteiger partial charge >= 0.3 is 0 Å². The van der Waals surface area contributed by atoms with Crippen LogP contribution in [0.4, 0.5) is 0 Å². The number of rotatable bonds is 8. The zero-order valence-electron chi connectivity index (χ0n) is 12.5. The standard InChI is InChI=1S/C18H23NO2/c1-20-13-14-21-18-10-6-5-9-16(18)17(19)12-11-15-7-3-2-4-8-15/h2-10,17H,11-14,19H2,1H3. The van der Waals surface area contributed by atoms with E-state index in [4.69, 9.17) is 15.2 Å². The van der Waals surface area contributed by atoms with Gasteiger partial charge in [-0.25, -0.2) is 0 Å². The van der Waals surface area contributed by atoms with Crippen molar-refractivity contribution in [1.82, 2.24) is 0 Å². The van der Waals surface area contributed by atoms with E-state index in [-0.39, 0.29) is 6.04 Å². The van der Waals surface area contributed by atoms with Gasteiger partial charge in [-0.15, -0.1) is 0 Å². The smallest absolute Gasteiger partial charge is 0.124 e. The molecule has 3 heteroatoms. The summed E-state index contributed by atoms with van der Waals surface area (Å²) in [6, 6.07) is 18.4. The van der Waals surface area contributed by atoms with Gasteiger partial charge in [0.2, 0.25) is 0 Å². The summed E-state index contributed by atoms with van der Waals surface area (Å²) in [6.45, 7) is 1.12. The Morgan fingerprint density at radius 3 is 2.43 bits per heavy atom. The number of para-hydroxylation sites is 1. The maximum atomic E-state index is 6.34. The Morgan fingerprint density at radius 2 is 1.67 bits per heavy atom. The van der Waals surface area contributed by atoms with E-state index in [2.05, 4.69) is 24.3 Å². The van der Waals surface area contributed by atoms with E-state index in [0.717, 1.165) is 24.2 Å². The van der Waals surface area contributed by atoms with Crippen LogP contribution in [0.1, 0.15) is 23.6 Å². The lowest BCUT2D eigenvalue weighted by Crippen LogP contribution is -2.14. The molecule has 2 N–H and O–H groups in total. The second-order valence-electron chi connectivity index (χ2n) is 5.01. The second kappa shape index (κ2) is 8.45. The number of nitrogens with two attached hydrogens (primary N) is 1. The lowest BCUT2D eigenvalue weighted by molar-refractivity contribution is 0.145. The number of hydrogen-bond donors (Lipinski definition) is 1. The van der Waals surface area contributed by atoms with Crippen LogP contribution in [0.2, 0.25) is 0 Å². The quantitative estimate of drug-likeness (QED) is 0.757. The molecule has 3 nitrogen and oxygen atoms in total. The highest BCUT2D eigenvalue weighted by Gasteiger charge is 2.11. The van der Waals surface area contributed by atoms with Gasteiger partial charge in [-0.1, -0.05) is 48.5 Å². The molecule has 21 heavy (non-hydrogen) atoms. The van der Waals surface area contributed by atoms with E-state index >= 15 is 0 Å². The zero-order chi connectivity index (χ0) is 14.9. The topological polar surface area (TPSA) is 44.5 Å². The molecule has 2 aromatic carbocycles. The lowest BCUT2D eigenvalue weighted by Gasteiger charge is -2.17. The van der Waals surface area contributed by atoms with E-state index in [1.807, 2.05) is 30.3 Å². The van der Waals surface area contributed by atoms with Crippen molar-refractivity contribution < 1.29 is 9.47 Å². The highest BCUT2D eigenvalue weighted by molar-refractivity contribution is 5.36. The van der Waals surface area contributed by atoms with Crippen molar-refractivity contribution in [2.75, 3.05) is 20.3 Å². The van der Waals surface area contributed by atoms with Crippen LogP contribution in [0.5, 0.6) is 5.75 Å². The summed E-state index contributed by atoms with van der Waals surface area (Å²) >= 11 is 0. The summed E-state index contributed by atoms with van der Waals surface area (Å²) in [5, 5.41) is 0. The van der Waals surface area contributed by atoms with Gasteiger partial charge in [0.25, 0.3) is 0 Å². The summed E-state index contributed by atoms with van der Waals surface area (Å²) in [7, 11) is 1.67. The number of hydrogen-bond acceptors (Lipinski definition) is 3. The van der Waals surface area contributed by atoms with Gasteiger partial charge in [-0.2, -0.15) is 0 Å². The first-order chi connectivity index (χ1) is 10.3. The molecule has 0 aliphatic rings. The lowest BCUT2D eigenvalue weighted by atomic mass is 9.99. The maximum Gasteiger partial charge on any atom is 0.124 e. The normalized spacial score (nSPS) is 12.1. The van der Waals surface area contributed by atoms with Gasteiger partial charge in [0.15, 0.2) is 0 Å². The van der Waals surface area contributed by atoms with E-state index < -0.39 is 0 Å². The molecule has 1 atom stereocenters. The van der Waals surface area contributed by atoms with Crippen LogP contribution < -0.4 is 10.5 Å². The van der Waals surface area contributed by atoms with Gasteiger partial charge in [-0.3, -0.25) is 0 Å². The predicted octanol–water partition coefficient (Wildman–Crippen LogP) is 3.34. The van der Waals surface area contributed by atoms with Gasteiger partial charge in [0.1, 0.15) is 12.4 Å². The van der Waals surface area contributed by atoms with Crippen LogP contribution in [0, 0.1) is 0 Å². The molecular weight excluding hydrogens is 262 g/mol. The number of benzene rings is 2. The molecule has 0 heterocycles. The third kappa shape index (κ3) is 4.88. The highest BCUT2D eigenvalue weighted by atomic mass is 16.5. The third-order valence-corrected chi connectivity index (χ3v) is 3.45. The van der Waals surface area contributed by atoms with Crippen molar-refractivity contribution >= 4 is 0 Å². The molecule has 1 unspecified atom stereocenters. The summed E-state index contributed by atoms with van der Waals surface area (Å²) in [6.07, 6.45) is 1.86. The zero-order valence-corrected chi connectivity index (χ0v) is 12.5. The van der Waals surface area contributed by atoms with E-state index in [1.54, 1.807) is 7.11 Å². The Balaban J connectivity index is 1.96. The Bertz CT molecular complexity index is 528. The molecule has 0 aromatic heterocycles. The molecule has 0 amide bonds. The monoisotopic (exact) mass is 285 g/mol. The fourth-order valence-electron chi connectivity index (χ4n) is 2.28. The SMILES string of the molecule is COCCOc1ccccc1C(N)CCc1ccccc1. The molecule has 0 fully saturated rings.